The van der Waals surface area contributed by atoms with Gasteiger partial charge in [-0.15, -0.1) is 0 Å². The molecule has 2 aromatic carbocycles. The van der Waals surface area contributed by atoms with Crippen LogP contribution in [0.15, 0.2) is 36.4 Å². The molecule has 15 heteroatoms. The van der Waals surface area contributed by atoms with Crippen LogP contribution in [0.4, 0.5) is 0 Å². The summed E-state index contributed by atoms with van der Waals surface area (Å²) in [5, 5.41) is 8.44. The van der Waals surface area contributed by atoms with Crippen molar-refractivity contribution in [2.24, 2.45) is 5.92 Å². The molecule has 0 saturated heterocycles. The molecular formula is C31H43N5O9S. The highest BCUT2D eigenvalue weighted by atomic mass is 32.2. The minimum absolute atomic E-state index is 0.0162. The number of methoxy groups -OCH3 is 2. The molecule has 46 heavy (non-hydrogen) atoms. The summed E-state index contributed by atoms with van der Waals surface area (Å²) in [6, 6.07) is 9.00. The molecule has 4 N–H and O–H groups in total. The number of nitrogens with zero attached hydrogens (tertiary/aromatic N) is 1. The number of carbonyl (C=O) groups excluding carboxylic acids is 4. The van der Waals surface area contributed by atoms with E-state index in [-0.39, 0.29) is 50.2 Å². The predicted molar refractivity (Wildman–Crippen MR) is 170 cm³/mol. The number of fused-ring (bicyclic) bond motifs is 3. The van der Waals surface area contributed by atoms with Crippen LogP contribution in [0.3, 0.4) is 0 Å². The van der Waals surface area contributed by atoms with Crippen molar-refractivity contribution in [1.29, 1.82) is 0 Å². The quantitative estimate of drug-likeness (QED) is 0.342. The number of ether oxygens (including phenoxy) is 3. The number of amides is 4. The topological polar surface area (TPSA) is 181 Å². The molecule has 0 fully saturated rings. The van der Waals surface area contributed by atoms with E-state index in [2.05, 4.69) is 20.7 Å². The molecule has 14 nitrogen and oxygen atoms in total. The molecule has 2 bridgehead atoms. The van der Waals surface area contributed by atoms with E-state index < -0.39 is 33.8 Å². The molecule has 1 heterocycles. The Hall–Kier alpha value is -4.37. The van der Waals surface area contributed by atoms with Crippen LogP contribution in [0.2, 0.25) is 0 Å². The third kappa shape index (κ3) is 10.6. The second-order valence-corrected chi connectivity index (χ2v) is 12.9. The summed E-state index contributed by atoms with van der Waals surface area (Å²) >= 11 is 0. The minimum atomic E-state index is -3.50. The summed E-state index contributed by atoms with van der Waals surface area (Å²) in [6.07, 6.45) is 1.77. The smallest absolute Gasteiger partial charge is 0.251 e. The van der Waals surface area contributed by atoms with E-state index in [0.29, 0.717) is 47.8 Å². The fourth-order valence-corrected chi connectivity index (χ4v) is 5.23. The molecule has 3 rings (SSSR count). The summed E-state index contributed by atoms with van der Waals surface area (Å²) in [5.41, 5.74) is 0.840. The van der Waals surface area contributed by atoms with Crippen LogP contribution < -0.4 is 34.9 Å². The fourth-order valence-electron chi connectivity index (χ4n) is 4.76. The van der Waals surface area contributed by atoms with Crippen molar-refractivity contribution in [1.82, 2.24) is 25.6 Å². The van der Waals surface area contributed by atoms with Gasteiger partial charge in [0.1, 0.15) is 17.5 Å². The lowest BCUT2D eigenvalue weighted by Gasteiger charge is -2.26. The zero-order valence-electron chi connectivity index (χ0n) is 26.8. The van der Waals surface area contributed by atoms with E-state index in [1.165, 1.54) is 19.1 Å². The third-order valence-electron chi connectivity index (χ3n) is 7.19. The molecule has 0 aromatic heterocycles. The molecule has 4 amide bonds. The maximum Gasteiger partial charge on any atom is 0.251 e. The van der Waals surface area contributed by atoms with Gasteiger partial charge in [0.15, 0.2) is 11.5 Å². The van der Waals surface area contributed by atoms with Gasteiger partial charge < -0.3 is 35.1 Å². The van der Waals surface area contributed by atoms with Gasteiger partial charge in [0.25, 0.3) is 5.91 Å². The van der Waals surface area contributed by atoms with Crippen LogP contribution in [0, 0.1) is 5.92 Å². The Morgan fingerprint density at radius 1 is 1.04 bits per heavy atom. The van der Waals surface area contributed by atoms with Crippen molar-refractivity contribution >= 4 is 33.7 Å². The third-order valence-corrected chi connectivity index (χ3v) is 7.92. The van der Waals surface area contributed by atoms with Crippen LogP contribution in [-0.4, -0.2) is 89.6 Å². The SMILES string of the molecule is COc1ccc2cc1Oc1cccc(OC)c1CNC(=O)[C@@H](C(C)C)NC(=O)CN(C(=O)CCNS(C)(=O)=O)CCCCNC2=O. The average molecular weight is 662 g/mol. The second kappa shape index (κ2) is 16.8. The van der Waals surface area contributed by atoms with Crippen molar-refractivity contribution < 1.29 is 41.8 Å². The lowest BCUT2D eigenvalue weighted by atomic mass is 10.0. The zero-order valence-corrected chi connectivity index (χ0v) is 27.6. The molecule has 0 saturated carbocycles. The Balaban J connectivity index is 1.94. The van der Waals surface area contributed by atoms with Gasteiger partial charge in [0, 0.05) is 31.6 Å². The van der Waals surface area contributed by atoms with Crippen molar-refractivity contribution in [2.75, 3.05) is 46.7 Å². The Morgan fingerprint density at radius 2 is 1.78 bits per heavy atom. The number of nitrogens with one attached hydrogen (secondary N) is 4. The highest BCUT2D eigenvalue weighted by Gasteiger charge is 2.27. The standard InChI is InChI=1S/C31H43N5O9S/c1-20(2)29-31(40)33-18-22-23(43-3)9-8-10-24(22)45-26-17-21(11-12-25(26)44-4)30(39)32-14-6-7-16-36(19-27(37)35-29)28(38)13-15-34-46(5,41)42/h8-12,17,20,29,34H,6-7,13-16,18-19H2,1-5H3,(H,32,39)(H,33,40)(H,35,37)/t29-/m1/s1. The Bertz CT molecular complexity index is 1510. The van der Waals surface area contributed by atoms with Crippen molar-refractivity contribution in [3.05, 3.63) is 47.5 Å². The average Bonchev–Trinajstić information content (AvgIpc) is 3.00. The lowest BCUT2D eigenvalue weighted by Crippen LogP contribution is -2.52. The number of rotatable bonds is 7. The molecular weight excluding hydrogens is 618 g/mol. The first-order chi connectivity index (χ1) is 21.8. The van der Waals surface area contributed by atoms with Gasteiger partial charge in [-0.25, -0.2) is 13.1 Å². The fraction of sp³-hybridized carbons (Fsp3) is 0.484. The monoisotopic (exact) mass is 661 g/mol. The van der Waals surface area contributed by atoms with Crippen LogP contribution in [-0.2, 0) is 31.0 Å². The predicted octanol–water partition coefficient (Wildman–Crippen LogP) is 1.54. The van der Waals surface area contributed by atoms with Gasteiger partial charge in [-0.1, -0.05) is 19.9 Å². The number of sulfonamides is 1. The van der Waals surface area contributed by atoms with Gasteiger partial charge in [0.05, 0.1) is 39.1 Å². The van der Waals surface area contributed by atoms with E-state index in [9.17, 15) is 27.6 Å². The van der Waals surface area contributed by atoms with E-state index in [1.54, 1.807) is 50.2 Å². The molecule has 0 aliphatic carbocycles. The van der Waals surface area contributed by atoms with Gasteiger partial charge in [-0.05, 0) is 49.1 Å². The normalized spacial score (nSPS) is 17.1. The molecule has 1 atom stereocenters. The molecule has 0 radical (unpaired) electrons. The number of benzene rings is 2. The van der Waals surface area contributed by atoms with Crippen LogP contribution >= 0.6 is 0 Å². The van der Waals surface area contributed by atoms with Crippen LogP contribution in [0.1, 0.15) is 49.0 Å². The van der Waals surface area contributed by atoms with Gasteiger partial charge in [0.2, 0.25) is 27.7 Å². The summed E-state index contributed by atoms with van der Waals surface area (Å²) in [7, 11) is -0.531. The Kier molecular flexibility index (Phi) is 13.2. The molecule has 252 valence electrons. The van der Waals surface area contributed by atoms with Crippen molar-refractivity contribution in [3.63, 3.8) is 0 Å². The molecule has 1 aliphatic rings. The van der Waals surface area contributed by atoms with E-state index >= 15 is 0 Å². The summed E-state index contributed by atoms with van der Waals surface area (Å²) in [5.74, 6) is -0.626. The van der Waals surface area contributed by atoms with Crippen LogP contribution in [0.5, 0.6) is 23.0 Å². The van der Waals surface area contributed by atoms with Gasteiger partial charge >= 0.3 is 0 Å². The van der Waals surface area contributed by atoms with Gasteiger partial charge in [-0.2, -0.15) is 0 Å². The zero-order chi connectivity index (χ0) is 33.9. The Labute approximate surface area is 269 Å². The van der Waals surface area contributed by atoms with E-state index in [1.807, 2.05) is 0 Å². The maximum absolute atomic E-state index is 13.4. The molecule has 1 aliphatic heterocycles. The van der Waals surface area contributed by atoms with Gasteiger partial charge in [-0.3, -0.25) is 19.2 Å². The minimum Gasteiger partial charge on any atom is -0.496 e. The first kappa shape index (κ1) is 36.1. The number of carbonyl (C=O) groups is 4. The number of hydrogen-bond donors (Lipinski definition) is 4. The van der Waals surface area contributed by atoms with Crippen molar-refractivity contribution in [3.8, 4) is 23.0 Å². The van der Waals surface area contributed by atoms with E-state index in [0.717, 1.165) is 6.26 Å². The highest BCUT2D eigenvalue weighted by Crippen LogP contribution is 2.37. The first-order valence-electron chi connectivity index (χ1n) is 14.9. The second-order valence-electron chi connectivity index (χ2n) is 11.1. The molecule has 0 spiro atoms. The molecule has 2 aromatic rings. The molecule has 0 unspecified atom stereocenters. The largest absolute Gasteiger partial charge is 0.496 e. The first-order valence-corrected chi connectivity index (χ1v) is 16.8. The highest BCUT2D eigenvalue weighted by molar-refractivity contribution is 7.88. The summed E-state index contributed by atoms with van der Waals surface area (Å²) < 4.78 is 42.4. The summed E-state index contributed by atoms with van der Waals surface area (Å²) in [4.78, 5) is 53.9. The van der Waals surface area contributed by atoms with Crippen molar-refractivity contribution in [2.45, 2.75) is 45.7 Å². The maximum atomic E-state index is 13.4. The lowest BCUT2D eigenvalue weighted by molar-refractivity contribution is -0.137. The van der Waals surface area contributed by atoms with Crippen LogP contribution in [0.25, 0.3) is 0 Å². The summed E-state index contributed by atoms with van der Waals surface area (Å²) in [6.45, 7) is 3.57. The van der Waals surface area contributed by atoms with E-state index in [4.69, 9.17) is 14.2 Å². The number of hydrogen-bond acceptors (Lipinski definition) is 9. The Morgan fingerprint density at radius 3 is 2.46 bits per heavy atom.